The number of fused-ring (bicyclic) bond motifs is 2. The van der Waals surface area contributed by atoms with E-state index in [1.807, 2.05) is 6.92 Å². The maximum absolute atomic E-state index is 13.5. The minimum absolute atomic E-state index is 0. The minimum atomic E-state index is -4.02. The lowest BCUT2D eigenvalue weighted by Gasteiger charge is -2.39. The van der Waals surface area contributed by atoms with E-state index in [0.717, 1.165) is 22.4 Å². The number of aromatic nitrogens is 2. The number of amides is 2. The summed E-state index contributed by atoms with van der Waals surface area (Å²) in [5.41, 5.74) is 1.96. The number of thioether (sulfide) groups is 1. The Kier molecular flexibility index (Phi) is 9.08. The fraction of sp³-hybridized carbons (Fsp3) is 0.292. The van der Waals surface area contributed by atoms with E-state index in [-0.39, 0.29) is 60.1 Å². The molecule has 40 heavy (non-hydrogen) atoms. The predicted molar refractivity (Wildman–Crippen MR) is 144 cm³/mol. The summed E-state index contributed by atoms with van der Waals surface area (Å²) in [6, 6.07) is 7.36. The Hall–Kier alpha value is -2.73. The van der Waals surface area contributed by atoms with Crippen molar-refractivity contribution < 1.29 is 51.9 Å². The first kappa shape index (κ1) is 30.2. The number of aliphatic imine (C=N–C) groups is 1. The number of carbonyl (C=O) groups is 3. The molecule has 0 saturated carbocycles. The van der Waals surface area contributed by atoms with Crippen molar-refractivity contribution in [2.45, 2.75) is 29.3 Å². The second-order valence-corrected chi connectivity index (χ2v) is 12.4. The zero-order valence-corrected chi connectivity index (χ0v) is 25.5. The molecule has 1 unspecified atom stereocenters. The quantitative estimate of drug-likeness (QED) is 0.248. The fourth-order valence-electron chi connectivity index (χ4n) is 4.45. The highest BCUT2D eigenvalue weighted by molar-refractivity contribution is 8.16. The van der Waals surface area contributed by atoms with Crippen LogP contribution in [-0.4, -0.2) is 87.7 Å². The van der Waals surface area contributed by atoms with Gasteiger partial charge in [-0.25, -0.2) is 8.42 Å². The molecule has 3 aromatic rings. The average Bonchev–Trinajstić information content (AvgIpc) is 3.51. The lowest BCUT2D eigenvalue weighted by atomic mass is 10.1. The number of H-pyrrole nitrogens is 1. The van der Waals surface area contributed by atoms with E-state index in [2.05, 4.69) is 20.3 Å². The topological polar surface area (TPSA) is 167 Å². The minimum Gasteiger partial charge on any atom is -1.00 e. The smallest absolute Gasteiger partial charge is 0.381 e. The van der Waals surface area contributed by atoms with Crippen LogP contribution in [0.3, 0.4) is 0 Å². The van der Waals surface area contributed by atoms with Gasteiger partial charge >= 0.3 is 16.9 Å². The van der Waals surface area contributed by atoms with E-state index < -0.39 is 40.4 Å². The van der Waals surface area contributed by atoms with Crippen molar-refractivity contribution in [3.05, 3.63) is 47.2 Å². The number of aromatic amines is 1. The lowest BCUT2D eigenvalue weighted by Crippen LogP contribution is -3.00. The van der Waals surface area contributed by atoms with Crippen molar-refractivity contribution in [2.24, 2.45) is 0 Å². The zero-order valence-electron chi connectivity index (χ0n) is 20.9. The number of nitrogens with one attached hydrogen (secondary N) is 2. The van der Waals surface area contributed by atoms with E-state index in [0.29, 0.717) is 21.6 Å². The van der Waals surface area contributed by atoms with Crippen LogP contribution in [0.1, 0.15) is 12.1 Å². The summed E-state index contributed by atoms with van der Waals surface area (Å²) in [5, 5.41) is 12.4. The molecule has 3 N–H and O–H groups in total. The second kappa shape index (κ2) is 12.0. The number of pyridine rings is 1. The third-order valence-corrected chi connectivity index (χ3v) is 9.35. The third kappa shape index (κ3) is 6.27. The number of hydrogen-bond donors (Lipinski definition) is 3. The number of aryl methyl sites for hydroxylation is 1. The molecule has 1 aromatic carbocycles. The molecule has 4 heterocycles. The summed E-state index contributed by atoms with van der Waals surface area (Å²) in [6.07, 6.45) is 1.34. The van der Waals surface area contributed by atoms with Gasteiger partial charge < -0.3 is 44.3 Å². The van der Waals surface area contributed by atoms with Gasteiger partial charge in [-0.2, -0.15) is 4.31 Å². The highest BCUT2D eigenvalue weighted by Gasteiger charge is 2.44. The molecular weight excluding hydrogens is 695 g/mol. The zero-order chi connectivity index (χ0) is 27.9. The summed E-state index contributed by atoms with van der Waals surface area (Å²) in [5.74, 6) is -2.28. The summed E-state index contributed by atoms with van der Waals surface area (Å²) in [6.45, 7) is 1.05. The predicted octanol–water partition coefficient (Wildman–Crippen LogP) is -1.51. The number of rotatable bonds is 7. The molecular formula is C24H23ClIN6O6S2. The van der Waals surface area contributed by atoms with E-state index in [1.165, 1.54) is 15.3 Å². The van der Waals surface area contributed by atoms with Gasteiger partial charge in [-0.15, -0.1) is 0 Å². The molecule has 0 aliphatic carbocycles. The Balaban J connectivity index is 0.00000370. The van der Waals surface area contributed by atoms with Crippen molar-refractivity contribution >= 4 is 72.8 Å². The number of hydrogen-bond acceptors (Lipinski definition) is 8. The number of halogens is 2. The van der Waals surface area contributed by atoms with Gasteiger partial charge in [0.1, 0.15) is 16.5 Å². The Morgan fingerprint density at radius 1 is 1.25 bits per heavy atom. The maximum Gasteiger partial charge on any atom is 0.381 e. The monoisotopic (exact) mass is 717 g/mol. The van der Waals surface area contributed by atoms with Crippen LogP contribution in [0.4, 0.5) is 5.69 Å². The van der Waals surface area contributed by atoms with Gasteiger partial charge in [-0.05, 0) is 31.2 Å². The van der Waals surface area contributed by atoms with Crippen molar-refractivity contribution in [3.63, 3.8) is 0 Å². The molecule has 211 valence electrons. The molecule has 2 amide bonds. The Labute approximate surface area is 255 Å². The van der Waals surface area contributed by atoms with Gasteiger partial charge in [0.05, 0.1) is 11.0 Å². The number of carbonyl (C=O) groups excluding carboxylic acids is 2. The molecule has 1 saturated heterocycles. The average molecular weight is 718 g/mol. The van der Waals surface area contributed by atoms with Crippen molar-refractivity contribution in [1.29, 1.82) is 0 Å². The van der Waals surface area contributed by atoms with Gasteiger partial charge in [0, 0.05) is 71.7 Å². The van der Waals surface area contributed by atoms with Crippen molar-refractivity contribution in [2.75, 3.05) is 26.2 Å². The Morgan fingerprint density at radius 2 is 2.02 bits per heavy atom. The molecule has 2 aliphatic rings. The summed E-state index contributed by atoms with van der Waals surface area (Å²) in [4.78, 5) is 50.7. The van der Waals surface area contributed by atoms with Crippen LogP contribution in [0.5, 0.6) is 0 Å². The molecule has 5 rings (SSSR count). The summed E-state index contributed by atoms with van der Waals surface area (Å²) >= 11 is 7.20. The first-order valence-corrected chi connectivity index (χ1v) is 14.5. The first-order valence-electron chi connectivity index (χ1n) is 11.8. The second-order valence-electron chi connectivity index (χ2n) is 9.07. The van der Waals surface area contributed by atoms with Gasteiger partial charge in [0.2, 0.25) is 5.91 Å². The molecule has 1 fully saturated rings. The standard InChI is InChI=1S/C24H23ClN6O6S2.HI/c1-13-6-18-19(10-26-13)38-23(29-18)24(35)31-5-4-30(12-16(31)9-20(32)27-11-22(33)34)39(36,37)21-8-14-7-15(25)2-3-17(14)28-21;/h2-3,6-8,10,16,28H,4-5,9,11-12H2,1H3,(H,27,32)(H,33,34);1H/q+1;/p-1. The molecule has 2 aliphatic heterocycles. The van der Waals surface area contributed by atoms with Crippen molar-refractivity contribution in [1.82, 2.24) is 29.5 Å². The number of benzene rings is 1. The van der Waals surface area contributed by atoms with Gasteiger partial charge in [-0.1, -0.05) is 11.6 Å². The van der Waals surface area contributed by atoms with Crippen LogP contribution in [0.25, 0.3) is 10.9 Å². The molecule has 0 spiro atoms. The van der Waals surface area contributed by atoms with Gasteiger partial charge in [0.25, 0.3) is 15.7 Å². The first-order chi connectivity index (χ1) is 18.5. The van der Waals surface area contributed by atoms with Crippen molar-refractivity contribution in [3.8, 4) is 0 Å². The lowest BCUT2D eigenvalue weighted by molar-refractivity contribution is -0.138. The van der Waals surface area contributed by atoms with Crippen LogP contribution >= 0.6 is 23.4 Å². The van der Waals surface area contributed by atoms with Gasteiger partial charge in [-0.3, -0.25) is 19.4 Å². The van der Waals surface area contributed by atoms with E-state index in [4.69, 9.17) is 16.7 Å². The molecule has 0 bridgehead atoms. The van der Waals surface area contributed by atoms with Crippen LogP contribution in [0.2, 0.25) is 5.02 Å². The molecule has 2 aromatic heterocycles. The van der Waals surface area contributed by atoms with Crippen LogP contribution in [-0.2, 0) is 24.4 Å². The van der Waals surface area contributed by atoms with E-state index >= 15 is 0 Å². The molecule has 1 atom stereocenters. The molecule has 16 heteroatoms. The SMILES string of the molecule is Cc1cc2c(cn1)SC(C(=O)N1CCN(S(=O)(=O)c3cc4cc(Cl)ccc4[nH]3)CC1CC(=O)NCC(=O)O)=[N+]2.[I-]. The number of aliphatic carboxylic acids is 1. The van der Waals surface area contributed by atoms with E-state index in [9.17, 15) is 22.8 Å². The van der Waals surface area contributed by atoms with Crippen LogP contribution < -0.4 is 34.3 Å². The molecule has 1 radical (unpaired) electrons. The number of nitrogens with zero attached hydrogens (tertiary/aromatic N) is 4. The summed E-state index contributed by atoms with van der Waals surface area (Å²) in [7, 11) is -4.02. The Morgan fingerprint density at radius 3 is 2.77 bits per heavy atom. The number of carboxylic acids is 1. The highest BCUT2D eigenvalue weighted by Crippen LogP contribution is 2.34. The summed E-state index contributed by atoms with van der Waals surface area (Å²) < 4.78 is 28.3. The number of sulfonamides is 1. The number of carboxylic acid groups (broad SMARTS) is 1. The van der Waals surface area contributed by atoms with Gasteiger partial charge in [0.15, 0.2) is 0 Å². The normalized spacial score (nSPS) is 17.2. The third-order valence-electron chi connectivity index (χ3n) is 6.34. The Bertz CT molecular complexity index is 1650. The van der Waals surface area contributed by atoms with E-state index in [1.54, 1.807) is 30.5 Å². The van der Waals surface area contributed by atoms with Crippen LogP contribution in [0, 0.1) is 6.92 Å². The highest BCUT2D eigenvalue weighted by atomic mass is 127. The number of piperazine rings is 1. The largest absolute Gasteiger partial charge is 1.00 e. The maximum atomic E-state index is 13.5. The van der Waals surface area contributed by atoms with Crippen LogP contribution in [0.15, 0.2) is 46.5 Å². The molecule has 12 nitrogen and oxygen atoms in total. The fourth-order valence-corrected chi connectivity index (χ4v) is 6.99.